The van der Waals surface area contributed by atoms with Gasteiger partial charge in [-0.05, 0) is 43.5 Å². The molecule has 0 aliphatic carbocycles. The van der Waals surface area contributed by atoms with Crippen LogP contribution < -0.4 is 4.72 Å². The lowest BCUT2D eigenvalue weighted by Gasteiger charge is -2.12. The summed E-state index contributed by atoms with van der Waals surface area (Å²) in [6, 6.07) is 3.64. The zero-order valence-electron chi connectivity index (χ0n) is 10.1. The van der Waals surface area contributed by atoms with Gasteiger partial charge >= 0.3 is 0 Å². The van der Waals surface area contributed by atoms with Gasteiger partial charge in [-0.1, -0.05) is 0 Å². The Hall–Kier alpha value is -0.980. The van der Waals surface area contributed by atoms with Crippen molar-refractivity contribution < 1.29 is 17.5 Å². The minimum absolute atomic E-state index is 0.0551. The smallest absolute Gasteiger partial charge is 0.240 e. The Bertz CT molecular complexity index is 524. The summed E-state index contributed by atoms with van der Waals surface area (Å²) in [5.41, 5.74) is 0.398. The number of halogens is 1. The van der Waals surface area contributed by atoms with E-state index in [0.717, 1.165) is 18.9 Å². The molecule has 0 aromatic heterocycles. The fourth-order valence-corrected chi connectivity index (χ4v) is 3.29. The van der Waals surface area contributed by atoms with E-state index in [1.54, 1.807) is 6.92 Å². The van der Waals surface area contributed by atoms with Crippen molar-refractivity contribution in [2.45, 2.75) is 30.8 Å². The molecule has 1 saturated heterocycles. The van der Waals surface area contributed by atoms with Crippen molar-refractivity contribution in [1.29, 1.82) is 0 Å². The Balaban J connectivity index is 2.09. The van der Waals surface area contributed by atoms with Crippen LogP contribution in [0.2, 0.25) is 0 Å². The maximum atomic E-state index is 12.9. The third-order valence-electron chi connectivity index (χ3n) is 2.95. The van der Waals surface area contributed by atoms with Crippen LogP contribution in [0.5, 0.6) is 0 Å². The van der Waals surface area contributed by atoms with Crippen LogP contribution in [-0.2, 0) is 14.8 Å². The maximum absolute atomic E-state index is 12.9. The van der Waals surface area contributed by atoms with Gasteiger partial charge in [0.05, 0.1) is 11.0 Å². The number of aryl methyl sites for hydroxylation is 1. The Morgan fingerprint density at radius 3 is 2.89 bits per heavy atom. The van der Waals surface area contributed by atoms with E-state index in [1.165, 1.54) is 12.1 Å². The van der Waals surface area contributed by atoms with Crippen LogP contribution in [0.1, 0.15) is 18.4 Å². The fourth-order valence-electron chi connectivity index (χ4n) is 2.00. The van der Waals surface area contributed by atoms with E-state index < -0.39 is 15.8 Å². The summed E-state index contributed by atoms with van der Waals surface area (Å²) in [7, 11) is -3.59. The van der Waals surface area contributed by atoms with Crippen LogP contribution in [-0.4, -0.2) is 27.7 Å². The standard InChI is InChI=1S/C12H16FNO3S/c1-9-7-10(13)4-5-12(9)18(15,16)14-8-11-3-2-6-17-11/h4-5,7,11,14H,2-3,6,8H2,1H3. The monoisotopic (exact) mass is 273 g/mol. The lowest BCUT2D eigenvalue weighted by atomic mass is 10.2. The third kappa shape index (κ3) is 3.07. The first-order chi connectivity index (χ1) is 8.49. The number of hydrogen-bond acceptors (Lipinski definition) is 3. The fraction of sp³-hybridized carbons (Fsp3) is 0.500. The van der Waals surface area contributed by atoms with Gasteiger partial charge in [0.15, 0.2) is 0 Å². The van der Waals surface area contributed by atoms with Gasteiger partial charge in [0.1, 0.15) is 5.82 Å². The highest BCUT2D eigenvalue weighted by molar-refractivity contribution is 7.89. The van der Waals surface area contributed by atoms with Crippen molar-refractivity contribution in [1.82, 2.24) is 4.72 Å². The van der Waals surface area contributed by atoms with E-state index in [9.17, 15) is 12.8 Å². The summed E-state index contributed by atoms with van der Waals surface area (Å²) < 4.78 is 44.8. The second kappa shape index (κ2) is 5.34. The topological polar surface area (TPSA) is 55.4 Å². The van der Waals surface area contributed by atoms with Crippen molar-refractivity contribution in [3.63, 3.8) is 0 Å². The summed E-state index contributed by atoms with van der Waals surface area (Å²) in [5.74, 6) is -0.439. The molecule has 4 nitrogen and oxygen atoms in total. The number of benzene rings is 1. The van der Waals surface area contributed by atoms with Crippen LogP contribution in [0, 0.1) is 12.7 Å². The van der Waals surface area contributed by atoms with Gasteiger partial charge in [0.2, 0.25) is 10.0 Å². The van der Waals surface area contributed by atoms with Crippen LogP contribution >= 0.6 is 0 Å². The van der Waals surface area contributed by atoms with E-state index >= 15 is 0 Å². The number of ether oxygens (including phenoxy) is 1. The molecular weight excluding hydrogens is 257 g/mol. The second-order valence-corrected chi connectivity index (χ2v) is 6.13. The summed E-state index contributed by atoms with van der Waals surface area (Å²) in [5, 5.41) is 0. The largest absolute Gasteiger partial charge is 0.377 e. The molecule has 0 spiro atoms. The number of sulfonamides is 1. The van der Waals surface area contributed by atoms with Crippen LogP contribution in [0.3, 0.4) is 0 Å². The first-order valence-electron chi connectivity index (χ1n) is 5.86. The SMILES string of the molecule is Cc1cc(F)ccc1S(=O)(=O)NCC1CCCO1. The molecule has 0 saturated carbocycles. The molecular formula is C12H16FNO3S. The van der Waals surface area contributed by atoms with Gasteiger partial charge in [-0.2, -0.15) is 0 Å². The predicted octanol–water partition coefficient (Wildman–Crippen LogP) is 1.59. The summed E-state index contributed by atoms with van der Waals surface area (Å²) in [6.07, 6.45) is 1.77. The summed E-state index contributed by atoms with van der Waals surface area (Å²) in [4.78, 5) is 0.113. The molecule has 1 N–H and O–H groups in total. The molecule has 18 heavy (non-hydrogen) atoms. The van der Waals surface area contributed by atoms with Gasteiger partial charge in [-0.3, -0.25) is 0 Å². The Morgan fingerprint density at radius 1 is 1.50 bits per heavy atom. The van der Waals surface area contributed by atoms with Gasteiger partial charge in [-0.25, -0.2) is 17.5 Å². The first kappa shape index (κ1) is 13.5. The average molecular weight is 273 g/mol. The number of nitrogens with one attached hydrogen (secondary N) is 1. The highest BCUT2D eigenvalue weighted by Crippen LogP contribution is 2.17. The van der Waals surface area contributed by atoms with Crippen molar-refractivity contribution >= 4 is 10.0 Å². The highest BCUT2D eigenvalue weighted by Gasteiger charge is 2.21. The normalized spacial score (nSPS) is 20.2. The highest BCUT2D eigenvalue weighted by atomic mass is 32.2. The van der Waals surface area contributed by atoms with E-state index in [1.807, 2.05) is 0 Å². The van der Waals surface area contributed by atoms with Gasteiger partial charge in [-0.15, -0.1) is 0 Å². The van der Waals surface area contributed by atoms with Crippen molar-refractivity contribution in [3.05, 3.63) is 29.6 Å². The number of rotatable bonds is 4. The molecule has 0 bridgehead atoms. The number of hydrogen-bond donors (Lipinski definition) is 1. The van der Waals surface area contributed by atoms with Crippen molar-refractivity contribution in [2.24, 2.45) is 0 Å². The van der Waals surface area contributed by atoms with E-state index in [0.29, 0.717) is 12.2 Å². The summed E-state index contributed by atoms with van der Waals surface area (Å²) >= 11 is 0. The molecule has 1 aliphatic heterocycles. The van der Waals surface area contributed by atoms with Crippen LogP contribution in [0.15, 0.2) is 23.1 Å². The zero-order valence-corrected chi connectivity index (χ0v) is 11.0. The van der Waals surface area contributed by atoms with Gasteiger partial charge in [0.25, 0.3) is 0 Å². The lowest BCUT2D eigenvalue weighted by Crippen LogP contribution is -2.32. The molecule has 1 fully saturated rings. The minimum atomic E-state index is -3.59. The van der Waals surface area contributed by atoms with Gasteiger partial charge < -0.3 is 4.74 Å². The molecule has 1 unspecified atom stereocenters. The van der Waals surface area contributed by atoms with Gasteiger partial charge in [0, 0.05) is 13.2 Å². The lowest BCUT2D eigenvalue weighted by molar-refractivity contribution is 0.114. The second-order valence-electron chi connectivity index (χ2n) is 4.40. The molecule has 6 heteroatoms. The molecule has 2 rings (SSSR count). The third-order valence-corrected chi connectivity index (χ3v) is 4.54. The van der Waals surface area contributed by atoms with Crippen LogP contribution in [0.25, 0.3) is 0 Å². The van der Waals surface area contributed by atoms with E-state index in [2.05, 4.69) is 4.72 Å². The Kier molecular flexibility index (Phi) is 3.99. The molecule has 1 aliphatic rings. The summed E-state index contributed by atoms with van der Waals surface area (Å²) in [6.45, 7) is 2.52. The predicted molar refractivity (Wildman–Crippen MR) is 65.3 cm³/mol. The molecule has 1 atom stereocenters. The first-order valence-corrected chi connectivity index (χ1v) is 7.35. The molecule has 0 amide bonds. The zero-order chi connectivity index (χ0) is 13.2. The average Bonchev–Trinajstić information content (AvgIpc) is 2.78. The van der Waals surface area contributed by atoms with E-state index in [-0.39, 0.29) is 17.5 Å². The molecule has 1 heterocycles. The molecule has 0 radical (unpaired) electrons. The van der Waals surface area contributed by atoms with Crippen molar-refractivity contribution in [2.75, 3.05) is 13.2 Å². The van der Waals surface area contributed by atoms with E-state index in [4.69, 9.17) is 4.74 Å². The Labute approximate surface area is 106 Å². The van der Waals surface area contributed by atoms with Crippen molar-refractivity contribution in [3.8, 4) is 0 Å². The quantitative estimate of drug-likeness (QED) is 0.906. The molecule has 100 valence electrons. The molecule has 1 aromatic carbocycles. The minimum Gasteiger partial charge on any atom is -0.377 e. The van der Waals surface area contributed by atoms with Crippen LogP contribution in [0.4, 0.5) is 4.39 Å². The maximum Gasteiger partial charge on any atom is 0.240 e. The molecule has 1 aromatic rings. The Morgan fingerprint density at radius 2 is 2.28 bits per heavy atom.